The molecule has 0 radical (unpaired) electrons. The summed E-state index contributed by atoms with van der Waals surface area (Å²) in [5, 5.41) is 3.13. The van der Waals surface area contributed by atoms with Gasteiger partial charge in [0.1, 0.15) is 5.75 Å². The molecule has 24 heavy (non-hydrogen) atoms. The Morgan fingerprint density at radius 1 is 1.17 bits per heavy atom. The zero-order chi connectivity index (χ0) is 17.5. The van der Waals surface area contributed by atoms with Crippen molar-refractivity contribution in [2.75, 3.05) is 11.9 Å². The summed E-state index contributed by atoms with van der Waals surface area (Å²) in [6.45, 7) is 3.10. The highest BCUT2D eigenvalue weighted by molar-refractivity contribution is 6.30. The van der Waals surface area contributed by atoms with E-state index in [4.69, 9.17) is 21.1 Å². The lowest BCUT2D eigenvalue weighted by molar-refractivity contribution is -0.155. The van der Waals surface area contributed by atoms with E-state index < -0.39 is 18.0 Å². The van der Waals surface area contributed by atoms with Gasteiger partial charge in [0.2, 0.25) is 0 Å². The summed E-state index contributed by atoms with van der Waals surface area (Å²) in [6, 6.07) is 14.0. The van der Waals surface area contributed by atoms with Crippen molar-refractivity contribution in [3.8, 4) is 5.75 Å². The van der Waals surface area contributed by atoms with Crippen LogP contribution in [0.25, 0.3) is 0 Å². The van der Waals surface area contributed by atoms with Crippen LogP contribution in [-0.4, -0.2) is 24.6 Å². The first-order valence-electron chi connectivity index (χ1n) is 7.40. The molecule has 1 N–H and O–H groups in total. The maximum absolute atomic E-state index is 12.0. The van der Waals surface area contributed by atoms with Crippen molar-refractivity contribution < 1.29 is 19.1 Å². The zero-order valence-electron chi connectivity index (χ0n) is 13.4. The third kappa shape index (κ3) is 5.28. The Bertz CT molecular complexity index is 732. The van der Waals surface area contributed by atoms with Gasteiger partial charge in [0, 0.05) is 10.7 Å². The number of para-hydroxylation sites is 1. The van der Waals surface area contributed by atoms with Crippen LogP contribution >= 0.6 is 11.6 Å². The lowest BCUT2D eigenvalue weighted by Gasteiger charge is -2.14. The first-order valence-corrected chi connectivity index (χ1v) is 7.78. The normalized spacial score (nSPS) is 11.5. The van der Waals surface area contributed by atoms with Gasteiger partial charge in [-0.15, -0.1) is 0 Å². The minimum atomic E-state index is -0.947. The molecule has 1 atom stereocenters. The van der Waals surface area contributed by atoms with E-state index >= 15 is 0 Å². The number of nitrogens with one attached hydrogen (secondary N) is 1. The number of amides is 1. The SMILES string of the molecule is Cc1ccccc1OCC(=O)O[C@H](C)C(=O)Nc1cccc(Cl)c1. The van der Waals surface area contributed by atoms with E-state index in [2.05, 4.69) is 5.32 Å². The number of ether oxygens (including phenoxy) is 2. The molecule has 5 nitrogen and oxygen atoms in total. The number of anilines is 1. The Morgan fingerprint density at radius 2 is 1.92 bits per heavy atom. The molecule has 0 heterocycles. The fraction of sp³-hybridized carbons (Fsp3) is 0.222. The van der Waals surface area contributed by atoms with Crippen molar-refractivity contribution in [3.63, 3.8) is 0 Å². The molecule has 126 valence electrons. The second-order valence-corrected chi connectivity index (χ2v) is 5.62. The number of hydrogen-bond acceptors (Lipinski definition) is 4. The van der Waals surface area contributed by atoms with Gasteiger partial charge < -0.3 is 14.8 Å². The van der Waals surface area contributed by atoms with Crippen LogP contribution < -0.4 is 10.1 Å². The van der Waals surface area contributed by atoms with Gasteiger partial charge in [-0.2, -0.15) is 0 Å². The molecule has 0 aliphatic carbocycles. The average Bonchev–Trinajstić information content (AvgIpc) is 2.54. The molecular formula is C18H18ClNO4. The number of carbonyl (C=O) groups excluding carboxylic acids is 2. The average molecular weight is 348 g/mol. The molecular weight excluding hydrogens is 330 g/mol. The van der Waals surface area contributed by atoms with Crippen LogP contribution in [0.3, 0.4) is 0 Å². The van der Waals surface area contributed by atoms with E-state index in [0.29, 0.717) is 16.5 Å². The number of aryl methyl sites for hydroxylation is 1. The van der Waals surface area contributed by atoms with Crippen LogP contribution in [-0.2, 0) is 14.3 Å². The monoisotopic (exact) mass is 347 g/mol. The zero-order valence-corrected chi connectivity index (χ0v) is 14.2. The fourth-order valence-corrected chi connectivity index (χ4v) is 2.14. The quantitative estimate of drug-likeness (QED) is 0.811. The Morgan fingerprint density at radius 3 is 2.62 bits per heavy atom. The van der Waals surface area contributed by atoms with Gasteiger partial charge in [-0.25, -0.2) is 4.79 Å². The molecule has 2 aromatic rings. The van der Waals surface area contributed by atoms with Crippen molar-refractivity contribution in [1.82, 2.24) is 0 Å². The minimum absolute atomic E-state index is 0.264. The molecule has 0 aliphatic heterocycles. The Hall–Kier alpha value is -2.53. The van der Waals surface area contributed by atoms with E-state index in [1.54, 1.807) is 30.3 Å². The van der Waals surface area contributed by atoms with Crippen LogP contribution in [0.1, 0.15) is 12.5 Å². The molecule has 0 unspecified atom stereocenters. The highest BCUT2D eigenvalue weighted by Crippen LogP contribution is 2.17. The van der Waals surface area contributed by atoms with E-state index in [0.717, 1.165) is 5.56 Å². The molecule has 0 bridgehead atoms. The van der Waals surface area contributed by atoms with Crippen molar-refractivity contribution in [1.29, 1.82) is 0 Å². The summed E-state index contributed by atoms with van der Waals surface area (Å²) in [6.07, 6.45) is -0.947. The van der Waals surface area contributed by atoms with Crippen LogP contribution in [0.2, 0.25) is 5.02 Å². The maximum Gasteiger partial charge on any atom is 0.344 e. The third-order valence-corrected chi connectivity index (χ3v) is 3.44. The van der Waals surface area contributed by atoms with Crippen molar-refractivity contribution in [2.45, 2.75) is 20.0 Å². The first-order chi connectivity index (χ1) is 11.5. The second kappa shape index (κ2) is 8.36. The Kier molecular flexibility index (Phi) is 6.21. The van der Waals surface area contributed by atoms with Gasteiger partial charge in [0.15, 0.2) is 12.7 Å². The smallest absolute Gasteiger partial charge is 0.344 e. The summed E-state index contributed by atoms with van der Waals surface area (Å²) < 4.78 is 10.5. The molecule has 0 saturated carbocycles. The number of benzene rings is 2. The van der Waals surface area contributed by atoms with E-state index in [1.807, 2.05) is 25.1 Å². The summed E-state index contributed by atoms with van der Waals surface area (Å²) in [5.74, 6) is -0.459. The largest absolute Gasteiger partial charge is 0.482 e. The molecule has 6 heteroatoms. The van der Waals surface area contributed by atoms with E-state index in [9.17, 15) is 9.59 Å². The summed E-state index contributed by atoms with van der Waals surface area (Å²) >= 11 is 5.85. The number of rotatable bonds is 6. The highest BCUT2D eigenvalue weighted by atomic mass is 35.5. The minimum Gasteiger partial charge on any atom is -0.482 e. The molecule has 0 spiro atoms. The summed E-state index contributed by atoms with van der Waals surface area (Å²) in [4.78, 5) is 23.8. The first kappa shape index (κ1) is 17.8. The van der Waals surface area contributed by atoms with Crippen molar-refractivity contribution in [2.24, 2.45) is 0 Å². The van der Waals surface area contributed by atoms with Crippen molar-refractivity contribution >= 4 is 29.2 Å². The van der Waals surface area contributed by atoms with Gasteiger partial charge in [-0.05, 0) is 43.7 Å². The van der Waals surface area contributed by atoms with Gasteiger partial charge in [-0.3, -0.25) is 4.79 Å². The lowest BCUT2D eigenvalue weighted by Crippen LogP contribution is -2.31. The maximum atomic E-state index is 12.0. The standard InChI is InChI=1S/C18H18ClNO4/c1-12-6-3-4-9-16(12)23-11-17(21)24-13(2)18(22)20-15-8-5-7-14(19)10-15/h3-10,13H,11H2,1-2H3,(H,20,22)/t13-/m1/s1. The Labute approximate surface area is 145 Å². The van der Waals surface area contributed by atoms with E-state index in [-0.39, 0.29) is 6.61 Å². The Balaban J connectivity index is 1.82. The molecule has 0 saturated heterocycles. The number of hydrogen-bond donors (Lipinski definition) is 1. The van der Waals surface area contributed by atoms with Gasteiger partial charge in [0.05, 0.1) is 0 Å². The van der Waals surface area contributed by atoms with Crippen LogP contribution in [0.4, 0.5) is 5.69 Å². The highest BCUT2D eigenvalue weighted by Gasteiger charge is 2.18. The molecule has 0 fully saturated rings. The van der Waals surface area contributed by atoms with Crippen LogP contribution in [0, 0.1) is 6.92 Å². The number of esters is 1. The molecule has 0 aromatic heterocycles. The third-order valence-electron chi connectivity index (χ3n) is 3.21. The lowest BCUT2D eigenvalue weighted by atomic mass is 10.2. The summed E-state index contributed by atoms with van der Waals surface area (Å²) in [7, 11) is 0. The van der Waals surface area contributed by atoms with Gasteiger partial charge >= 0.3 is 5.97 Å². The number of carbonyl (C=O) groups is 2. The predicted molar refractivity (Wildman–Crippen MR) is 92.3 cm³/mol. The molecule has 2 rings (SSSR count). The van der Waals surface area contributed by atoms with Crippen LogP contribution in [0.5, 0.6) is 5.75 Å². The number of halogens is 1. The van der Waals surface area contributed by atoms with E-state index in [1.165, 1.54) is 6.92 Å². The predicted octanol–water partition coefficient (Wildman–Crippen LogP) is 3.60. The van der Waals surface area contributed by atoms with Crippen molar-refractivity contribution in [3.05, 3.63) is 59.1 Å². The van der Waals surface area contributed by atoms with Gasteiger partial charge in [-0.1, -0.05) is 35.9 Å². The second-order valence-electron chi connectivity index (χ2n) is 5.19. The molecule has 0 aliphatic rings. The topological polar surface area (TPSA) is 64.6 Å². The molecule has 1 amide bonds. The fourth-order valence-electron chi connectivity index (χ4n) is 1.95. The van der Waals surface area contributed by atoms with Gasteiger partial charge in [0.25, 0.3) is 5.91 Å². The summed E-state index contributed by atoms with van der Waals surface area (Å²) in [5.41, 5.74) is 1.45. The van der Waals surface area contributed by atoms with Crippen LogP contribution in [0.15, 0.2) is 48.5 Å². The molecule has 2 aromatic carbocycles.